The first-order valence-corrected chi connectivity index (χ1v) is 9.82. The molecule has 2 rings (SSSR count). The van der Waals surface area contributed by atoms with Gasteiger partial charge in [0, 0.05) is 6.54 Å². The summed E-state index contributed by atoms with van der Waals surface area (Å²) in [5.74, 6) is 0.526. The quantitative estimate of drug-likeness (QED) is 0.620. The molecule has 2 aromatic carbocycles. The number of unbranched alkanes of at least 4 members (excludes halogenated alkanes) is 1. The average molecular weight is 383 g/mol. The van der Waals surface area contributed by atoms with E-state index in [9.17, 15) is 9.59 Å². The van der Waals surface area contributed by atoms with Crippen molar-refractivity contribution in [3.63, 3.8) is 0 Å². The molecule has 0 heterocycles. The van der Waals surface area contributed by atoms with Gasteiger partial charge in [0.05, 0.1) is 11.3 Å². The minimum Gasteiger partial charge on any atom is -0.483 e. The molecule has 0 aliphatic carbocycles. The van der Waals surface area contributed by atoms with Gasteiger partial charge in [-0.15, -0.1) is 0 Å². The van der Waals surface area contributed by atoms with Crippen LogP contribution in [0.5, 0.6) is 5.75 Å². The molecule has 0 aliphatic heterocycles. The van der Waals surface area contributed by atoms with Crippen molar-refractivity contribution in [2.45, 2.75) is 46.5 Å². The maximum Gasteiger partial charge on any atom is 0.262 e. The lowest BCUT2D eigenvalue weighted by Gasteiger charge is -2.15. The van der Waals surface area contributed by atoms with Crippen LogP contribution in [0.15, 0.2) is 42.5 Å². The molecular formula is C23H30N2O3. The lowest BCUT2D eigenvalue weighted by atomic mass is 10.0. The van der Waals surface area contributed by atoms with E-state index in [-0.39, 0.29) is 18.4 Å². The molecule has 2 amide bonds. The Kier molecular flexibility index (Phi) is 8.05. The van der Waals surface area contributed by atoms with Gasteiger partial charge in [0.15, 0.2) is 6.61 Å². The molecule has 0 unspecified atom stereocenters. The molecule has 0 radical (unpaired) electrons. The zero-order chi connectivity index (χ0) is 20.5. The molecule has 0 atom stereocenters. The van der Waals surface area contributed by atoms with Crippen LogP contribution in [0.2, 0.25) is 0 Å². The molecule has 0 fully saturated rings. The number of aryl methyl sites for hydroxylation is 1. The molecule has 2 N–H and O–H groups in total. The van der Waals surface area contributed by atoms with Gasteiger partial charge in [-0.2, -0.15) is 0 Å². The Labute approximate surface area is 167 Å². The Balaban J connectivity index is 2.03. The normalized spacial score (nSPS) is 10.6. The van der Waals surface area contributed by atoms with E-state index in [0.717, 1.165) is 29.7 Å². The topological polar surface area (TPSA) is 67.4 Å². The number of hydrogen-bond acceptors (Lipinski definition) is 3. The maximum absolute atomic E-state index is 12.4. The second-order valence-electron chi connectivity index (χ2n) is 7.19. The monoisotopic (exact) mass is 382 g/mol. The van der Waals surface area contributed by atoms with Crippen molar-refractivity contribution in [2.75, 3.05) is 18.5 Å². The molecule has 2 aromatic rings. The number of anilines is 1. The second kappa shape index (κ2) is 10.5. The highest BCUT2D eigenvalue weighted by atomic mass is 16.5. The van der Waals surface area contributed by atoms with Gasteiger partial charge in [-0.05, 0) is 48.6 Å². The van der Waals surface area contributed by atoms with E-state index in [2.05, 4.69) is 31.4 Å². The van der Waals surface area contributed by atoms with Crippen LogP contribution in [0.25, 0.3) is 0 Å². The third kappa shape index (κ3) is 6.12. The number of carbonyl (C=O) groups is 2. The summed E-state index contributed by atoms with van der Waals surface area (Å²) >= 11 is 0. The molecule has 0 aromatic heterocycles. The first-order chi connectivity index (χ1) is 13.4. The Hall–Kier alpha value is -2.82. The summed E-state index contributed by atoms with van der Waals surface area (Å²) in [5.41, 5.74) is 3.08. The van der Waals surface area contributed by atoms with E-state index in [4.69, 9.17) is 4.74 Å². The van der Waals surface area contributed by atoms with Gasteiger partial charge in [0.25, 0.3) is 11.8 Å². The number of hydrogen-bond donors (Lipinski definition) is 2. The second-order valence-corrected chi connectivity index (χ2v) is 7.19. The summed E-state index contributed by atoms with van der Waals surface area (Å²) in [6.45, 7) is 8.74. The van der Waals surface area contributed by atoms with E-state index >= 15 is 0 Å². The van der Waals surface area contributed by atoms with Crippen molar-refractivity contribution in [3.05, 3.63) is 59.2 Å². The van der Waals surface area contributed by atoms with Crippen LogP contribution in [0, 0.1) is 6.92 Å². The summed E-state index contributed by atoms with van der Waals surface area (Å²) in [7, 11) is 0. The van der Waals surface area contributed by atoms with Crippen LogP contribution in [-0.2, 0) is 4.79 Å². The molecule has 150 valence electrons. The van der Waals surface area contributed by atoms with Gasteiger partial charge in [-0.1, -0.05) is 51.5 Å². The number of amides is 2. The van der Waals surface area contributed by atoms with Crippen molar-refractivity contribution < 1.29 is 14.3 Å². The van der Waals surface area contributed by atoms with E-state index < -0.39 is 0 Å². The number of benzene rings is 2. The average Bonchev–Trinajstić information content (AvgIpc) is 2.66. The molecule has 28 heavy (non-hydrogen) atoms. The number of para-hydroxylation sites is 1. The first kappa shape index (κ1) is 21.5. The van der Waals surface area contributed by atoms with Gasteiger partial charge in [0.1, 0.15) is 5.75 Å². The fourth-order valence-corrected chi connectivity index (χ4v) is 2.84. The van der Waals surface area contributed by atoms with Crippen LogP contribution in [0.1, 0.15) is 61.0 Å². The van der Waals surface area contributed by atoms with Crippen LogP contribution < -0.4 is 15.4 Å². The number of ether oxygens (including phenoxy) is 1. The molecule has 5 nitrogen and oxygen atoms in total. The molecule has 0 spiro atoms. The predicted molar refractivity (Wildman–Crippen MR) is 113 cm³/mol. The van der Waals surface area contributed by atoms with E-state index in [1.807, 2.05) is 25.1 Å². The number of nitrogens with one attached hydrogen (secondary N) is 2. The van der Waals surface area contributed by atoms with Crippen molar-refractivity contribution in [2.24, 2.45) is 0 Å². The third-order valence-corrected chi connectivity index (χ3v) is 4.41. The Morgan fingerprint density at radius 2 is 1.86 bits per heavy atom. The molecule has 0 saturated carbocycles. The Morgan fingerprint density at radius 3 is 2.57 bits per heavy atom. The van der Waals surface area contributed by atoms with Crippen molar-refractivity contribution >= 4 is 17.5 Å². The minimum atomic E-state index is -0.301. The largest absolute Gasteiger partial charge is 0.483 e. The molecule has 0 aliphatic rings. The number of carbonyl (C=O) groups excluding carboxylic acids is 2. The highest BCUT2D eigenvalue weighted by molar-refractivity contribution is 6.04. The molecule has 0 bridgehead atoms. The van der Waals surface area contributed by atoms with Crippen LogP contribution in [0.4, 0.5) is 5.69 Å². The van der Waals surface area contributed by atoms with Crippen molar-refractivity contribution in [1.29, 1.82) is 0 Å². The first-order valence-electron chi connectivity index (χ1n) is 9.82. The van der Waals surface area contributed by atoms with Crippen LogP contribution in [0.3, 0.4) is 0 Å². The van der Waals surface area contributed by atoms with E-state index in [1.165, 1.54) is 0 Å². The predicted octanol–water partition coefficient (Wildman–Crippen LogP) is 4.67. The standard InChI is InChI=1S/C23H30N2O3/c1-5-6-13-24-23(27)19-9-7-8-10-20(19)25-22(26)15-28-21-14-17(4)11-12-18(21)16(2)3/h7-12,14,16H,5-6,13,15H2,1-4H3,(H,24,27)(H,25,26). The Bertz CT molecular complexity index is 815. The van der Waals surface area contributed by atoms with Crippen molar-refractivity contribution in [1.82, 2.24) is 5.32 Å². The third-order valence-electron chi connectivity index (χ3n) is 4.41. The zero-order valence-corrected chi connectivity index (χ0v) is 17.2. The molecule has 5 heteroatoms. The van der Waals surface area contributed by atoms with E-state index in [1.54, 1.807) is 24.3 Å². The highest BCUT2D eigenvalue weighted by Crippen LogP contribution is 2.27. The SMILES string of the molecule is CCCCNC(=O)c1ccccc1NC(=O)COc1cc(C)ccc1C(C)C. The minimum absolute atomic E-state index is 0.116. The van der Waals surface area contributed by atoms with E-state index in [0.29, 0.717) is 23.7 Å². The Morgan fingerprint density at radius 1 is 1.11 bits per heavy atom. The summed E-state index contributed by atoms with van der Waals surface area (Å²) in [6, 6.07) is 13.0. The summed E-state index contributed by atoms with van der Waals surface area (Å²) in [5, 5.41) is 5.67. The van der Waals surface area contributed by atoms with Gasteiger partial charge in [-0.3, -0.25) is 9.59 Å². The number of rotatable bonds is 9. The fourth-order valence-electron chi connectivity index (χ4n) is 2.84. The molecular weight excluding hydrogens is 352 g/mol. The lowest BCUT2D eigenvalue weighted by molar-refractivity contribution is -0.118. The maximum atomic E-state index is 12.4. The fraction of sp³-hybridized carbons (Fsp3) is 0.391. The van der Waals surface area contributed by atoms with Crippen LogP contribution >= 0.6 is 0 Å². The van der Waals surface area contributed by atoms with Crippen LogP contribution in [-0.4, -0.2) is 25.0 Å². The summed E-state index contributed by atoms with van der Waals surface area (Å²) in [4.78, 5) is 24.8. The van der Waals surface area contributed by atoms with Gasteiger partial charge < -0.3 is 15.4 Å². The summed E-state index contributed by atoms with van der Waals surface area (Å²) in [6.07, 6.45) is 1.93. The summed E-state index contributed by atoms with van der Waals surface area (Å²) < 4.78 is 5.78. The molecule has 0 saturated heterocycles. The van der Waals surface area contributed by atoms with Gasteiger partial charge in [0.2, 0.25) is 0 Å². The van der Waals surface area contributed by atoms with Gasteiger partial charge >= 0.3 is 0 Å². The zero-order valence-electron chi connectivity index (χ0n) is 17.2. The van der Waals surface area contributed by atoms with Gasteiger partial charge in [-0.25, -0.2) is 0 Å². The lowest BCUT2D eigenvalue weighted by Crippen LogP contribution is -2.27. The van der Waals surface area contributed by atoms with Crippen molar-refractivity contribution in [3.8, 4) is 5.75 Å². The highest BCUT2D eigenvalue weighted by Gasteiger charge is 2.14. The smallest absolute Gasteiger partial charge is 0.262 e.